The first-order chi connectivity index (χ1) is 10.6. The number of hydrogen-bond donors (Lipinski definition) is 2. The van der Waals surface area contributed by atoms with Gasteiger partial charge in [-0.05, 0) is 49.4 Å². The fourth-order valence-electron chi connectivity index (χ4n) is 1.92. The second-order valence-corrected chi connectivity index (χ2v) is 4.78. The van der Waals surface area contributed by atoms with Crippen molar-refractivity contribution in [3.05, 3.63) is 54.1 Å². The summed E-state index contributed by atoms with van der Waals surface area (Å²) in [6.07, 6.45) is 0. The molecule has 0 aliphatic rings. The zero-order valence-corrected chi connectivity index (χ0v) is 12.5. The molecule has 2 aromatic carbocycles. The quantitative estimate of drug-likeness (QED) is 0.889. The molecule has 1 atom stereocenters. The normalized spacial score (nSPS) is 11.1. The van der Waals surface area contributed by atoms with E-state index < -0.39 is 6.04 Å². The Bertz CT molecular complexity index is 690. The highest BCUT2D eigenvalue weighted by Gasteiger charge is 2.13. The van der Waals surface area contributed by atoms with Crippen molar-refractivity contribution in [2.75, 3.05) is 17.7 Å². The van der Waals surface area contributed by atoms with Crippen LogP contribution in [-0.2, 0) is 4.79 Å². The van der Waals surface area contributed by atoms with E-state index in [9.17, 15) is 4.79 Å². The third-order valence-corrected chi connectivity index (χ3v) is 3.13. The fraction of sp³-hybridized carbons (Fsp3) is 0.176. The molecule has 1 unspecified atom stereocenters. The van der Waals surface area contributed by atoms with Crippen molar-refractivity contribution >= 4 is 17.3 Å². The monoisotopic (exact) mass is 295 g/mol. The van der Waals surface area contributed by atoms with Gasteiger partial charge in [-0.15, -0.1) is 0 Å². The highest BCUT2D eigenvalue weighted by Crippen LogP contribution is 2.16. The molecule has 0 bridgehead atoms. The van der Waals surface area contributed by atoms with Gasteiger partial charge in [-0.2, -0.15) is 5.26 Å². The Hall–Kier alpha value is -3.00. The molecule has 0 spiro atoms. The summed E-state index contributed by atoms with van der Waals surface area (Å²) >= 11 is 0. The van der Waals surface area contributed by atoms with Crippen molar-refractivity contribution in [1.29, 1.82) is 5.26 Å². The lowest BCUT2D eigenvalue weighted by Crippen LogP contribution is -2.31. The van der Waals surface area contributed by atoms with Crippen LogP contribution in [0, 0.1) is 11.3 Å². The highest BCUT2D eigenvalue weighted by molar-refractivity contribution is 5.96. The largest absolute Gasteiger partial charge is 0.497 e. The van der Waals surface area contributed by atoms with Gasteiger partial charge in [0.1, 0.15) is 11.8 Å². The van der Waals surface area contributed by atoms with E-state index >= 15 is 0 Å². The maximum atomic E-state index is 12.2. The van der Waals surface area contributed by atoms with E-state index in [4.69, 9.17) is 10.00 Å². The summed E-state index contributed by atoms with van der Waals surface area (Å²) in [7, 11) is 1.61. The second kappa shape index (κ2) is 7.14. The van der Waals surface area contributed by atoms with Crippen LogP contribution in [0.5, 0.6) is 5.75 Å². The summed E-state index contributed by atoms with van der Waals surface area (Å²) in [5, 5.41) is 14.7. The Morgan fingerprint density at radius 1 is 1.18 bits per heavy atom. The maximum Gasteiger partial charge on any atom is 0.246 e. The van der Waals surface area contributed by atoms with Gasteiger partial charge in [-0.1, -0.05) is 6.07 Å². The van der Waals surface area contributed by atoms with Crippen molar-refractivity contribution in [3.8, 4) is 11.8 Å². The summed E-state index contributed by atoms with van der Waals surface area (Å²) in [5.41, 5.74) is 1.94. The number of rotatable bonds is 5. The Kier molecular flexibility index (Phi) is 4.99. The summed E-state index contributed by atoms with van der Waals surface area (Å²) < 4.78 is 5.09. The van der Waals surface area contributed by atoms with E-state index in [0.29, 0.717) is 11.3 Å². The minimum Gasteiger partial charge on any atom is -0.497 e. The third kappa shape index (κ3) is 4.00. The van der Waals surface area contributed by atoms with Crippen molar-refractivity contribution in [1.82, 2.24) is 0 Å². The number of carbonyl (C=O) groups excluding carboxylic acids is 1. The van der Waals surface area contributed by atoms with Gasteiger partial charge >= 0.3 is 0 Å². The minimum absolute atomic E-state index is 0.175. The molecule has 0 saturated heterocycles. The number of nitriles is 1. The highest BCUT2D eigenvalue weighted by atomic mass is 16.5. The Morgan fingerprint density at radius 2 is 1.91 bits per heavy atom. The van der Waals surface area contributed by atoms with E-state index in [1.54, 1.807) is 38.3 Å². The standard InChI is InChI=1S/C17H17N3O2/c1-12(19-14-6-8-16(22-2)9-7-14)17(21)20-15-5-3-4-13(10-15)11-18/h3-10,12,19H,1-2H3,(H,20,21). The molecule has 0 aliphatic heterocycles. The van der Waals surface area contributed by atoms with Gasteiger partial charge in [-0.3, -0.25) is 4.79 Å². The molecule has 0 aromatic heterocycles. The molecule has 2 aromatic rings. The molecule has 2 N–H and O–H groups in total. The molecular formula is C17H17N3O2. The number of carbonyl (C=O) groups is 1. The van der Waals surface area contributed by atoms with Crippen molar-refractivity contribution in [2.24, 2.45) is 0 Å². The Morgan fingerprint density at radius 3 is 2.55 bits per heavy atom. The predicted molar refractivity (Wildman–Crippen MR) is 85.9 cm³/mol. The zero-order valence-electron chi connectivity index (χ0n) is 12.5. The maximum absolute atomic E-state index is 12.2. The van der Waals surface area contributed by atoms with E-state index in [0.717, 1.165) is 11.4 Å². The topological polar surface area (TPSA) is 74.2 Å². The lowest BCUT2D eigenvalue weighted by Gasteiger charge is -2.15. The molecule has 0 heterocycles. The zero-order chi connectivity index (χ0) is 15.9. The summed E-state index contributed by atoms with van der Waals surface area (Å²) in [4.78, 5) is 12.2. The molecule has 112 valence electrons. The summed E-state index contributed by atoms with van der Waals surface area (Å²) in [6.45, 7) is 1.77. The SMILES string of the molecule is COc1ccc(NC(C)C(=O)Nc2cccc(C#N)c2)cc1. The van der Waals surface area contributed by atoms with E-state index in [2.05, 4.69) is 10.6 Å². The molecule has 2 rings (SSSR count). The number of anilines is 2. The van der Waals surface area contributed by atoms with E-state index in [1.165, 1.54) is 0 Å². The van der Waals surface area contributed by atoms with E-state index in [1.807, 2.05) is 30.3 Å². The van der Waals surface area contributed by atoms with Crippen LogP contribution in [0.2, 0.25) is 0 Å². The molecule has 22 heavy (non-hydrogen) atoms. The average Bonchev–Trinajstić information content (AvgIpc) is 2.55. The smallest absolute Gasteiger partial charge is 0.246 e. The summed E-state index contributed by atoms with van der Waals surface area (Å²) in [6, 6.07) is 15.8. The average molecular weight is 295 g/mol. The van der Waals surface area contributed by atoms with Crippen LogP contribution in [-0.4, -0.2) is 19.1 Å². The Balaban J connectivity index is 1.97. The van der Waals surface area contributed by atoms with Gasteiger partial charge in [0, 0.05) is 11.4 Å². The number of benzene rings is 2. The first-order valence-corrected chi connectivity index (χ1v) is 6.84. The number of nitrogens with zero attached hydrogens (tertiary/aromatic N) is 1. The van der Waals surface area contributed by atoms with Crippen LogP contribution in [0.1, 0.15) is 12.5 Å². The first kappa shape index (κ1) is 15.4. The number of nitrogens with one attached hydrogen (secondary N) is 2. The van der Waals surface area contributed by atoms with Gasteiger partial charge in [0.15, 0.2) is 0 Å². The van der Waals surface area contributed by atoms with Crippen LogP contribution < -0.4 is 15.4 Å². The first-order valence-electron chi connectivity index (χ1n) is 6.84. The van der Waals surface area contributed by atoms with Crippen LogP contribution >= 0.6 is 0 Å². The molecule has 5 nitrogen and oxygen atoms in total. The van der Waals surface area contributed by atoms with Crippen LogP contribution in [0.15, 0.2) is 48.5 Å². The van der Waals surface area contributed by atoms with Gasteiger partial charge in [-0.25, -0.2) is 0 Å². The van der Waals surface area contributed by atoms with Gasteiger partial charge in [0.25, 0.3) is 0 Å². The van der Waals surface area contributed by atoms with Crippen molar-refractivity contribution in [2.45, 2.75) is 13.0 Å². The lowest BCUT2D eigenvalue weighted by molar-refractivity contribution is -0.116. The van der Waals surface area contributed by atoms with Gasteiger partial charge in [0.2, 0.25) is 5.91 Å². The minimum atomic E-state index is -0.417. The van der Waals surface area contributed by atoms with Gasteiger partial charge in [0.05, 0.1) is 18.7 Å². The molecule has 5 heteroatoms. The molecule has 0 fully saturated rings. The number of ether oxygens (including phenoxy) is 1. The molecule has 0 aliphatic carbocycles. The van der Waals surface area contributed by atoms with Crippen LogP contribution in [0.4, 0.5) is 11.4 Å². The predicted octanol–water partition coefficient (Wildman–Crippen LogP) is 3.01. The molecule has 0 saturated carbocycles. The summed E-state index contributed by atoms with van der Waals surface area (Å²) in [5.74, 6) is 0.585. The molecular weight excluding hydrogens is 278 g/mol. The third-order valence-electron chi connectivity index (χ3n) is 3.13. The fourth-order valence-corrected chi connectivity index (χ4v) is 1.92. The number of amides is 1. The van der Waals surface area contributed by atoms with Crippen molar-refractivity contribution < 1.29 is 9.53 Å². The van der Waals surface area contributed by atoms with Crippen molar-refractivity contribution in [3.63, 3.8) is 0 Å². The Labute approximate surface area is 129 Å². The number of hydrogen-bond acceptors (Lipinski definition) is 4. The second-order valence-electron chi connectivity index (χ2n) is 4.78. The van der Waals surface area contributed by atoms with Crippen LogP contribution in [0.3, 0.4) is 0 Å². The van der Waals surface area contributed by atoms with E-state index in [-0.39, 0.29) is 5.91 Å². The lowest BCUT2D eigenvalue weighted by atomic mass is 10.2. The molecule has 0 radical (unpaired) electrons. The van der Waals surface area contributed by atoms with Crippen LogP contribution in [0.25, 0.3) is 0 Å². The van der Waals surface area contributed by atoms with Gasteiger partial charge < -0.3 is 15.4 Å². The molecule has 1 amide bonds. The number of methoxy groups -OCH3 is 1.